The number of benzene rings is 1. The summed E-state index contributed by atoms with van der Waals surface area (Å²) in [6, 6.07) is 7.97. The number of nitrogens with zero attached hydrogens (tertiary/aromatic N) is 6. The molecule has 0 fully saturated rings. The third-order valence-electron chi connectivity index (χ3n) is 3.99. The highest BCUT2D eigenvalue weighted by Gasteiger charge is 2.18. The molecule has 3 heterocycles. The highest BCUT2D eigenvalue weighted by molar-refractivity contribution is 5.79. The lowest BCUT2D eigenvalue weighted by Crippen LogP contribution is -2.32. The molecule has 8 nitrogen and oxygen atoms in total. The maximum Gasteiger partial charge on any atom is 0.195 e. The molecule has 0 saturated heterocycles. The molecule has 126 valence electrons. The Balaban J connectivity index is 1.64. The van der Waals surface area contributed by atoms with Gasteiger partial charge in [0.1, 0.15) is 6.33 Å². The molecule has 0 radical (unpaired) electrons. The van der Waals surface area contributed by atoms with Crippen molar-refractivity contribution in [2.45, 2.75) is 0 Å². The lowest BCUT2D eigenvalue weighted by atomic mass is 10.1. The van der Waals surface area contributed by atoms with Gasteiger partial charge in [0.15, 0.2) is 17.5 Å². The van der Waals surface area contributed by atoms with E-state index >= 15 is 0 Å². The van der Waals surface area contributed by atoms with E-state index in [0.29, 0.717) is 19.0 Å². The number of hydrogen-bond acceptors (Lipinski definition) is 7. The predicted octanol–water partition coefficient (Wildman–Crippen LogP) is 2.10. The number of anilines is 1. The van der Waals surface area contributed by atoms with E-state index in [1.54, 1.807) is 13.3 Å². The van der Waals surface area contributed by atoms with E-state index in [1.807, 2.05) is 30.5 Å². The van der Waals surface area contributed by atoms with Crippen LogP contribution in [-0.2, 0) is 4.74 Å². The minimum Gasteiger partial charge on any atom is -0.383 e. The van der Waals surface area contributed by atoms with Crippen molar-refractivity contribution in [2.75, 3.05) is 31.7 Å². The van der Waals surface area contributed by atoms with E-state index in [4.69, 9.17) is 9.72 Å². The van der Waals surface area contributed by atoms with Crippen LogP contribution >= 0.6 is 0 Å². The van der Waals surface area contributed by atoms with Crippen LogP contribution < -0.4 is 4.90 Å². The average Bonchev–Trinajstić information content (AvgIpc) is 3.21. The summed E-state index contributed by atoms with van der Waals surface area (Å²) in [5.74, 6) is 2.17. The molecule has 0 amide bonds. The van der Waals surface area contributed by atoms with Crippen molar-refractivity contribution in [1.82, 2.24) is 25.1 Å². The van der Waals surface area contributed by atoms with Crippen molar-refractivity contribution in [3.8, 4) is 22.6 Å². The zero-order valence-electron chi connectivity index (χ0n) is 13.8. The molecule has 3 aromatic rings. The Bertz CT molecular complexity index is 875. The van der Waals surface area contributed by atoms with Crippen LogP contribution in [-0.4, -0.2) is 58.2 Å². The van der Waals surface area contributed by atoms with E-state index in [-0.39, 0.29) is 0 Å². The van der Waals surface area contributed by atoms with Gasteiger partial charge in [-0.2, -0.15) is 5.10 Å². The second-order valence-corrected chi connectivity index (χ2v) is 5.56. The van der Waals surface area contributed by atoms with Gasteiger partial charge in [0.2, 0.25) is 0 Å². The first-order valence-electron chi connectivity index (χ1n) is 7.95. The van der Waals surface area contributed by atoms with Crippen molar-refractivity contribution >= 4 is 17.9 Å². The molecule has 4 rings (SSSR count). The van der Waals surface area contributed by atoms with Crippen molar-refractivity contribution in [3.63, 3.8) is 0 Å². The maximum atomic E-state index is 5.17. The smallest absolute Gasteiger partial charge is 0.195 e. The first-order chi connectivity index (χ1) is 12.3. The third-order valence-corrected chi connectivity index (χ3v) is 3.99. The fourth-order valence-corrected chi connectivity index (χ4v) is 2.67. The summed E-state index contributed by atoms with van der Waals surface area (Å²) in [6.07, 6.45) is 5.09. The maximum absolute atomic E-state index is 5.17. The molecule has 0 spiro atoms. The van der Waals surface area contributed by atoms with Gasteiger partial charge in [-0.05, 0) is 0 Å². The number of hydrogen-bond donors (Lipinski definition) is 1. The van der Waals surface area contributed by atoms with Crippen LogP contribution in [0.2, 0.25) is 0 Å². The number of ether oxygens (including phenoxy) is 1. The van der Waals surface area contributed by atoms with Crippen molar-refractivity contribution in [1.29, 1.82) is 0 Å². The number of methoxy groups -OCH3 is 1. The minimum atomic E-state index is 0.630. The molecule has 0 aliphatic carbocycles. The number of nitrogens with one attached hydrogen (secondary N) is 1. The summed E-state index contributed by atoms with van der Waals surface area (Å²) in [6.45, 7) is 2.09. The summed E-state index contributed by atoms with van der Waals surface area (Å²) in [5.41, 5.74) is 2.76. The lowest BCUT2D eigenvalue weighted by Gasteiger charge is -2.25. The van der Waals surface area contributed by atoms with Gasteiger partial charge in [-0.1, -0.05) is 24.3 Å². The second kappa shape index (κ2) is 6.78. The van der Waals surface area contributed by atoms with Crippen LogP contribution in [0.5, 0.6) is 0 Å². The Hall–Kier alpha value is -3.13. The van der Waals surface area contributed by atoms with E-state index in [1.165, 1.54) is 6.33 Å². The zero-order chi connectivity index (χ0) is 17.1. The Morgan fingerprint density at radius 3 is 2.76 bits per heavy atom. The molecular weight excluding hydrogens is 318 g/mol. The molecule has 0 atom stereocenters. The fraction of sp³-hybridized carbons (Fsp3) is 0.235. The molecule has 1 aliphatic heterocycles. The SMILES string of the molecule is COCCN1CC=Nc2ncc(-c3ccc(-c4ncn[nH]4)cc3)nc21. The van der Waals surface area contributed by atoms with Crippen LogP contribution in [0.15, 0.2) is 41.8 Å². The van der Waals surface area contributed by atoms with E-state index < -0.39 is 0 Å². The zero-order valence-corrected chi connectivity index (χ0v) is 13.8. The fourth-order valence-electron chi connectivity index (χ4n) is 2.67. The Morgan fingerprint density at radius 1 is 1.16 bits per heavy atom. The van der Waals surface area contributed by atoms with Gasteiger partial charge in [0, 0.05) is 31.0 Å². The molecule has 8 heteroatoms. The summed E-state index contributed by atoms with van der Waals surface area (Å²) in [7, 11) is 1.69. The van der Waals surface area contributed by atoms with E-state index in [2.05, 4.69) is 30.1 Å². The quantitative estimate of drug-likeness (QED) is 0.767. The average molecular weight is 335 g/mol. The first kappa shape index (κ1) is 15.4. The van der Waals surface area contributed by atoms with Gasteiger partial charge in [-0.3, -0.25) is 5.10 Å². The number of fused-ring (bicyclic) bond motifs is 1. The minimum absolute atomic E-state index is 0.630. The van der Waals surface area contributed by atoms with Crippen molar-refractivity contribution in [2.24, 2.45) is 4.99 Å². The molecule has 1 aromatic carbocycles. The number of rotatable bonds is 5. The van der Waals surface area contributed by atoms with Crippen LogP contribution in [0, 0.1) is 0 Å². The standard InChI is InChI=1S/C17H17N7O/c1-25-9-8-24-7-6-18-16-17(24)22-14(10-19-16)12-2-4-13(5-3-12)15-20-11-21-23-15/h2-6,10-11H,7-9H2,1H3,(H,20,21,23). The summed E-state index contributed by atoms with van der Waals surface area (Å²) in [5, 5.41) is 6.73. The van der Waals surface area contributed by atoms with Gasteiger partial charge in [-0.15, -0.1) is 0 Å². The topological polar surface area (TPSA) is 92.2 Å². The summed E-state index contributed by atoms with van der Waals surface area (Å²) < 4.78 is 5.17. The number of aliphatic imine (C=N–C) groups is 1. The Kier molecular flexibility index (Phi) is 4.17. The number of aromatic nitrogens is 5. The predicted molar refractivity (Wildman–Crippen MR) is 95.1 cm³/mol. The molecular formula is C17H17N7O. The normalized spacial score (nSPS) is 13.1. The number of aromatic amines is 1. The Morgan fingerprint density at radius 2 is 2.00 bits per heavy atom. The first-order valence-corrected chi connectivity index (χ1v) is 7.95. The van der Waals surface area contributed by atoms with Crippen LogP contribution in [0.4, 0.5) is 11.6 Å². The molecule has 25 heavy (non-hydrogen) atoms. The van der Waals surface area contributed by atoms with Gasteiger partial charge in [0.25, 0.3) is 0 Å². The van der Waals surface area contributed by atoms with Gasteiger partial charge in [0.05, 0.1) is 25.0 Å². The van der Waals surface area contributed by atoms with Crippen molar-refractivity contribution in [3.05, 3.63) is 36.8 Å². The number of H-pyrrole nitrogens is 1. The Labute approximate surface area is 144 Å². The van der Waals surface area contributed by atoms with E-state index in [0.717, 1.165) is 35.0 Å². The van der Waals surface area contributed by atoms with Crippen LogP contribution in [0.25, 0.3) is 22.6 Å². The molecule has 0 saturated carbocycles. The molecule has 1 N–H and O–H groups in total. The van der Waals surface area contributed by atoms with Crippen LogP contribution in [0.1, 0.15) is 0 Å². The molecule has 2 aromatic heterocycles. The second-order valence-electron chi connectivity index (χ2n) is 5.56. The van der Waals surface area contributed by atoms with Gasteiger partial charge < -0.3 is 9.64 Å². The van der Waals surface area contributed by atoms with Gasteiger partial charge >= 0.3 is 0 Å². The van der Waals surface area contributed by atoms with E-state index in [9.17, 15) is 0 Å². The lowest BCUT2D eigenvalue weighted by molar-refractivity contribution is 0.206. The van der Waals surface area contributed by atoms with Crippen LogP contribution in [0.3, 0.4) is 0 Å². The highest BCUT2D eigenvalue weighted by atomic mass is 16.5. The van der Waals surface area contributed by atoms with Gasteiger partial charge in [-0.25, -0.2) is 19.9 Å². The molecule has 1 aliphatic rings. The van der Waals surface area contributed by atoms with Crippen molar-refractivity contribution < 1.29 is 4.74 Å². The third kappa shape index (κ3) is 3.11. The summed E-state index contributed by atoms with van der Waals surface area (Å²) in [4.78, 5) is 19.8. The largest absolute Gasteiger partial charge is 0.383 e. The molecule has 0 unspecified atom stereocenters. The highest BCUT2D eigenvalue weighted by Crippen LogP contribution is 2.30. The molecule has 0 bridgehead atoms. The summed E-state index contributed by atoms with van der Waals surface area (Å²) >= 11 is 0. The monoisotopic (exact) mass is 335 g/mol.